The Morgan fingerprint density at radius 1 is 1.41 bits per heavy atom. The molecule has 2 heterocycles. The molecule has 27 heavy (non-hydrogen) atoms. The quantitative estimate of drug-likeness (QED) is 0.758. The van der Waals surface area contributed by atoms with Crippen LogP contribution in [0.3, 0.4) is 0 Å². The third kappa shape index (κ3) is 3.19. The number of anilines is 1. The van der Waals surface area contributed by atoms with Crippen molar-refractivity contribution < 1.29 is 14.0 Å². The molecule has 1 aliphatic heterocycles. The molecule has 1 N–H and O–H groups in total. The van der Waals surface area contributed by atoms with Crippen LogP contribution in [0.5, 0.6) is 0 Å². The maximum Gasteiger partial charge on any atom is 0.272 e. The molecule has 1 aromatic carbocycles. The molecule has 136 valence electrons. The van der Waals surface area contributed by atoms with Crippen molar-refractivity contribution in [3.63, 3.8) is 0 Å². The second-order valence-corrected chi connectivity index (χ2v) is 7.73. The van der Waals surface area contributed by atoms with E-state index in [0.717, 1.165) is 35.1 Å². The van der Waals surface area contributed by atoms with Crippen molar-refractivity contribution in [1.29, 1.82) is 0 Å². The molecule has 2 aliphatic rings. The normalized spacial score (nSPS) is 16.6. The molecule has 0 saturated heterocycles. The van der Waals surface area contributed by atoms with Gasteiger partial charge in [-0.15, -0.1) is 4.98 Å². The maximum absolute atomic E-state index is 13.9. The van der Waals surface area contributed by atoms with Crippen molar-refractivity contribution in [2.75, 3.05) is 18.4 Å². The Balaban J connectivity index is 1.52. The van der Waals surface area contributed by atoms with Gasteiger partial charge in [0, 0.05) is 28.1 Å². The molecule has 1 fully saturated rings. The molecule has 1 saturated carbocycles. The number of hydrogen-bond donors (Lipinski definition) is 1. The van der Waals surface area contributed by atoms with E-state index in [-0.39, 0.29) is 29.4 Å². The molecular weight excluding hydrogens is 415 g/mol. The number of fused-ring (bicyclic) bond motifs is 2. The average molecular weight is 429 g/mol. The van der Waals surface area contributed by atoms with Gasteiger partial charge in [-0.25, -0.2) is 4.39 Å². The standard InChI is InChI=1S/C19H14BrFN4O2/c1-22-16-7-14(21)15(8-23-16)24-17(26)9-25-10-19(4-5-19)13-6-11(20)2-3-12(13)18(25)27/h2-3,6-8H,4-5,9-10H2,(H,24,26). The smallest absolute Gasteiger partial charge is 0.272 e. The first-order valence-corrected chi connectivity index (χ1v) is 9.13. The average Bonchev–Trinajstić information content (AvgIpc) is 3.41. The lowest BCUT2D eigenvalue weighted by Crippen LogP contribution is -2.46. The monoisotopic (exact) mass is 428 g/mol. The van der Waals surface area contributed by atoms with E-state index in [1.54, 1.807) is 6.07 Å². The summed E-state index contributed by atoms with van der Waals surface area (Å²) in [5.41, 5.74) is 1.45. The van der Waals surface area contributed by atoms with Crippen molar-refractivity contribution in [2.45, 2.75) is 18.3 Å². The van der Waals surface area contributed by atoms with Crippen LogP contribution in [0.2, 0.25) is 0 Å². The summed E-state index contributed by atoms with van der Waals surface area (Å²) in [6.07, 6.45) is 3.05. The van der Waals surface area contributed by atoms with Gasteiger partial charge in [0.25, 0.3) is 11.7 Å². The van der Waals surface area contributed by atoms with Gasteiger partial charge in [0.15, 0.2) is 0 Å². The molecule has 0 atom stereocenters. The van der Waals surface area contributed by atoms with Crippen molar-refractivity contribution in [3.8, 4) is 0 Å². The van der Waals surface area contributed by atoms with Crippen LogP contribution in [0.25, 0.3) is 4.85 Å². The first-order chi connectivity index (χ1) is 12.9. The lowest BCUT2D eigenvalue weighted by Gasteiger charge is -2.34. The summed E-state index contributed by atoms with van der Waals surface area (Å²) in [4.78, 5) is 33.5. The zero-order chi connectivity index (χ0) is 19.2. The van der Waals surface area contributed by atoms with E-state index in [9.17, 15) is 14.0 Å². The van der Waals surface area contributed by atoms with Gasteiger partial charge >= 0.3 is 0 Å². The van der Waals surface area contributed by atoms with Gasteiger partial charge in [0.05, 0.1) is 0 Å². The number of halogens is 2. The van der Waals surface area contributed by atoms with Crippen LogP contribution in [0.15, 0.2) is 34.9 Å². The highest BCUT2D eigenvalue weighted by molar-refractivity contribution is 9.10. The van der Waals surface area contributed by atoms with Crippen molar-refractivity contribution >= 4 is 39.2 Å². The topological polar surface area (TPSA) is 66.7 Å². The van der Waals surface area contributed by atoms with Gasteiger partial charge in [0.2, 0.25) is 5.91 Å². The molecule has 1 aromatic heterocycles. The number of carbonyl (C=O) groups is 2. The highest BCUT2D eigenvalue weighted by Crippen LogP contribution is 2.52. The summed E-state index contributed by atoms with van der Waals surface area (Å²) in [6, 6.07) is 6.54. The Morgan fingerprint density at radius 3 is 2.85 bits per heavy atom. The summed E-state index contributed by atoms with van der Waals surface area (Å²) in [6.45, 7) is 7.13. The largest absolute Gasteiger partial charge is 0.361 e. The Labute approximate surface area is 163 Å². The van der Waals surface area contributed by atoms with Crippen LogP contribution < -0.4 is 5.32 Å². The predicted octanol–water partition coefficient (Wildman–Crippen LogP) is 3.66. The number of rotatable bonds is 3. The molecule has 1 spiro atoms. The minimum absolute atomic E-state index is 0.0859. The second-order valence-electron chi connectivity index (χ2n) is 6.81. The van der Waals surface area contributed by atoms with E-state index in [2.05, 4.69) is 31.1 Å². The molecule has 0 radical (unpaired) electrons. The van der Waals surface area contributed by atoms with E-state index in [1.807, 2.05) is 12.1 Å². The van der Waals surface area contributed by atoms with Gasteiger partial charge in [0.1, 0.15) is 24.2 Å². The van der Waals surface area contributed by atoms with Crippen LogP contribution in [0.4, 0.5) is 15.9 Å². The Bertz CT molecular complexity index is 1010. The van der Waals surface area contributed by atoms with E-state index >= 15 is 0 Å². The summed E-state index contributed by atoms with van der Waals surface area (Å²) < 4.78 is 14.9. The number of carbonyl (C=O) groups excluding carboxylic acids is 2. The number of aromatic nitrogens is 1. The third-order valence-electron chi connectivity index (χ3n) is 4.98. The van der Waals surface area contributed by atoms with Crippen LogP contribution in [0, 0.1) is 12.4 Å². The fourth-order valence-electron chi connectivity index (χ4n) is 3.48. The fraction of sp³-hybridized carbons (Fsp3) is 0.263. The van der Waals surface area contributed by atoms with Gasteiger partial charge in [-0.1, -0.05) is 22.5 Å². The highest BCUT2D eigenvalue weighted by Gasteiger charge is 2.51. The van der Waals surface area contributed by atoms with Crippen molar-refractivity contribution in [3.05, 3.63) is 63.3 Å². The van der Waals surface area contributed by atoms with Crippen molar-refractivity contribution in [2.24, 2.45) is 0 Å². The van der Waals surface area contributed by atoms with Gasteiger partial charge in [-0.2, -0.15) is 0 Å². The third-order valence-corrected chi connectivity index (χ3v) is 5.47. The SMILES string of the molecule is [C-]#[N+]c1cc(F)c(NC(=O)CN2CC3(CC3)c3cc(Br)ccc3C2=O)cn1. The molecule has 6 nitrogen and oxygen atoms in total. The minimum Gasteiger partial charge on any atom is -0.361 e. The number of amides is 2. The number of hydrogen-bond acceptors (Lipinski definition) is 3. The molecule has 4 rings (SSSR count). The maximum atomic E-state index is 13.9. The molecule has 1 aliphatic carbocycles. The minimum atomic E-state index is -0.733. The predicted molar refractivity (Wildman–Crippen MR) is 100 cm³/mol. The number of benzene rings is 1. The highest BCUT2D eigenvalue weighted by atomic mass is 79.9. The van der Waals surface area contributed by atoms with E-state index in [4.69, 9.17) is 6.57 Å². The molecule has 8 heteroatoms. The number of pyridine rings is 1. The Kier molecular flexibility index (Phi) is 4.19. The molecule has 0 bridgehead atoms. The van der Waals surface area contributed by atoms with Crippen molar-refractivity contribution in [1.82, 2.24) is 9.88 Å². The Morgan fingerprint density at radius 2 is 2.19 bits per heavy atom. The van der Waals surface area contributed by atoms with Gasteiger partial charge in [-0.05, 0) is 36.6 Å². The lowest BCUT2D eigenvalue weighted by molar-refractivity contribution is -0.117. The van der Waals surface area contributed by atoms with E-state index < -0.39 is 11.7 Å². The van der Waals surface area contributed by atoms with Gasteiger partial charge < -0.3 is 15.1 Å². The van der Waals surface area contributed by atoms with Gasteiger partial charge in [-0.3, -0.25) is 9.59 Å². The Hall–Kier alpha value is -2.79. The summed E-state index contributed by atoms with van der Waals surface area (Å²) in [5, 5.41) is 2.43. The summed E-state index contributed by atoms with van der Waals surface area (Å²) in [7, 11) is 0. The lowest BCUT2D eigenvalue weighted by atomic mass is 9.86. The number of nitrogens with one attached hydrogen (secondary N) is 1. The van der Waals surface area contributed by atoms with Crippen LogP contribution in [0.1, 0.15) is 28.8 Å². The second kappa shape index (κ2) is 6.43. The van der Waals surface area contributed by atoms with Crippen LogP contribution in [-0.2, 0) is 10.2 Å². The first kappa shape index (κ1) is 17.6. The van der Waals surface area contributed by atoms with Crippen LogP contribution >= 0.6 is 15.9 Å². The van der Waals surface area contributed by atoms with E-state index in [0.29, 0.717) is 12.1 Å². The zero-order valence-electron chi connectivity index (χ0n) is 14.1. The zero-order valence-corrected chi connectivity index (χ0v) is 15.7. The summed E-state index contributed by atoms with van der Waals surface area (Å²) >= 11 is 3.45. The molecule has 0 unspecified atom stereocenters. The van der Waals surface area contributed by atoms with Crippen LogP contribution in [-0.4, -0.2) is 34.8 Å². The summed E-state index contributed by atoms with van der Waals surface area (Å²) in [5.74, 6) is -1.53. The van der Waals surface area contributed by atoms with E-state index in [1.165, 1.54) is 4.90 Å². The number of nitrogens with zero attached hydrogens (tertiary/aromatic N) is 3. The first-order valence-electron chi connectivity index (χ1n) is 8.34. The molecule has 2 aromatic rings. The molecule has 2 amide bonds. The fourth-order valence-corrected chi connectivity index (χ4v) is 3.84. The molecular formula is C19H14BrFN4O2.